The molecule has 102 valence electrons. The standard InChI is InChI=1S/C15H21N3O/c16-13-6-4-5-12-11-18(15(19)14(12)13)10-9-17-7-2-1-3-8-17/h4-6H,1-3,7-11,16H2. The molecule has 1 amide bonds. The minimum Gasteiger partial charge on any atom is -0.398 e. The van der Waals surface area contributed by atoms with Crippen LogP contribution in [0, 0.1) is 0 Å². The fourth-order valence-electron chi connectivity index (χ4n) is 3.07. The molecule has 4 heteroatoms. The first-order chi connectivity index (χ1) is 9.25. The molecule has 0 bridgehead atoms. The summed E-state index contributed by atoms with van der Waals surface area (Å²) in [6.45, 7) is 4.87. The number of carbonyl (C=O) groups is 1. The van der Waals surface area contributed by atoms with E-state index < -0.39 is 0 Å². The average Bonchev–Trinajstić information content (AvgIpc) is 2.76. The third-order valence-corrected chi connectivity index (χ3v) is 4.18. The largest absolute Gasteiger partial charge is 0.398 e. The molecule has 0 spiro atoms. The lowest BCUT2D eigenvalue weighted by atomic mass is 10.1. The van der Waals surface area contributed by atoms with E-state index in [0.717, 1.165) is 24.2 Å². The van der Waals surface area contributed by atoms with Crippen molar-refractivity contribution in [2.45, 2.75) is 25.8 Å². The van der Waals surface area contributed by atoms with E-state index in [4.69, 9.17) is 5.73 Å². The first-order valence-corrected chi connectivity index (χ1v) is 7.15. The summed E-state index contributed by atoms with van der Waals surface area (Å²) in [5.74, 6) is 0.102. The van der Waals surface area contributed by atoms with Gasteiger partial charge in [-0.15, -0.1) is 0 Å². The number of benzene rings is 1. The highest BCUT2D eigenvalue weighted by Gasteiger charge is 2.29. The number of hydrogen-bond donors (Lipinski definition) is 1. The topological polar surface area (TPSA) is 49.6 Å². The third-order valence-electron chi connectivity index (χ3n) is 4.18. The number of hydrogen-bond acceptors (Lipinski definition) is 3. The molecule has 1 aromatic carbocycles. The van der Waals surface area contributed by atoms with Gasteiger partial charge in [0.15, 0.2) is 0 Å². The molecule has 3 rings (SSSR count). The molecule has 0 unspecified atom stereocenters. The molecule has 1 aromatic rings. The van der Waals surface area contributed by atoms with Gasteiger partial charge in [0.2, 0.25) is 0 Å². The van der Waals surface area contributed by atoms with Crippen molar-refractivity contribution in [1.82, 2.24) is 9.80 Å². The molecule has 2 aliphatic rings. The van der Waals surface area contributed by atoms with Gasteiger partial charge < -0.3 is 15.5 Å². The van der Waals surface area contributed by atoms with Crippen molar-refractivity contribution in [3.8, 4) is 0 Å². The summed E-state index contributed by atoms with van der Waals surface area (Å²) in [4.78, 5) is 16.7. The van der Waals surface area contributed by atoms with Crippen LogP contribution in [0.25, 0.3) is 0 Å². The van der Waals surface area contributed by atoms with Gasteiger partial charge in [-0.2, -0.15) is 0 Å². The Hall–Kier alpha value is -1.55. The average molecular weight is 259 g/mol. The number of amides is 1. The zero-order chi connectivity index (χ0) is 13.2. The maximum Gasteiger partial charge on any atom is 0.256 e. The molecule has 0 atom stereocenters. The van der Waals surface area contributed by atoms with Crippen LogP contribution in [0.2, 0.25) is 0 Å². The van der Waals surface area contributed by atoms with E-state index in [2.05, 4.69) is 4.90 Å². The van der Waals surface area contributed by atoms with Gasteiger partial charge in [-0.3, -0.25) is 4.79 Å². The number of fused-ring (bicyclic) bond motifs is 1. The Balaban J connectivity index is 1.62. The van der Waals surface area contributed by atoms with Crippen LogP contribution >= 0.6 is 0 Å². The second-order valence-corrected chi connectivity index (χ2v) is 5.51. The Morgan fingerprint density at radius 2 is 1.89 bits per heavy atom. The number of carbonyl (C=O) groups excluding carboxylic acids is 1. The number of rotatable bonds is 3. The fourth-order valence-corrected chi connectivity index (χ4v) is 3.07. The van der Waals surface area contributed by atoms with Crippen LogP contribution in [0.4, 0.5) is 5.69 Å². The number of nitrogens with zero attached hydrogens (tertiary/aromatic N) is 2. The minimum atomic E-state index is 0.102. The van der Waals surface area contributed by atoms with Crippen LogP contribution < -0.4 is 5.73 Å². The lowest BCUT2D eigenvalue weighted by molar-refractivity contribution is 0.0753. The highest BCUT2D eigenvalue weighted by molar-refractivity contribution is 6.03. The third kappa shape index (κ3) is 2.45. The molecule has 1 saturated heterocycles. The molecular weight excluding hydrogens is 238 g/mol. The lowest BCUT2D eigenvalue weighted by Gasteiger charge is -2.28. The van der Waals surface area contributed by atoms with Crippen LogP contribution in [0.15, 0.2) is 18.2 Å². The zero-order valence-corrected chi connectivity index (χ0v) is 11.3. The van der Waals surface area contributed by atoms with Gasteiger partial charge in [-0.1, -0.05) is 18.6 Å². The highest BCUT2D eigenvalue weighted by Crippen LogP contribution is 2.27. The Morgan fingerprint density at radius 3 is 2.63 bits per heavy atom. The van der Waals surface area contributed by atoms with E-state index in [9.17, 15) is 4.79 Å². The molecule has 4 nitrogen and oxygen atoms in total. The number of piperidine rings is 1. The van der Waals surface area contributed by atoms with Gasteiger partial charge in [-0.25, -0.2) is 0 Å². The highest BCUT2D eigenvalue weighted by atomic mass is 16.2. The Bertz CT molecular complexity index is 480. The predicted molar refractivity (Wildman–Crippen MR) is 75.9 cm³/mol. The lowest BCUT2D eigenvalue weighted by Crippen LogP contribution is -2.38. The quantitative estimate of drug-likeness (QED) is 0.841. The van der Waals surface area contributed by atoms with Gasteiger partial charge >= 0.3 is 0 Å². The molecule has 0 saturated carbocycles. The van der Waals surface area contributed by atoms with Crippen LogP contribution in [0.1, 0.15) is 35.2 Å². The molecule has 19 heavy (non-hydrogen) atoms. The summed E-state index contributed by atoms with van der Waals surface area (Å²) < 4.78 is 0. The van der Waals surface area contributed by atoms with Crippen LogP contribution in [0.3, 0.4) is 0 Å². The monoisotopic (exact) mass is 259 g/mol. The van der Waals surface area contributed by atoms with Crippen LogP contribution in [-0.2, 0) is 6.54 Å². The number of likely N-dealkylation sites (tertiary alicyclic amines) is 1. The van der Waals surface area contributed by atoms with Crippen molar-refractivity contribution in [2.75, 3.05) is 31.9 Å². The van der Waals surface area contributed by atoms with Crippen molar-refractivity contribution >= 4 is 11.6 Å². The molecule has 2 heterocycles. The Labute approximate surface area is 114 Å². The molecule has 1 fully saturated rings. The van der Waals surface area contributed by atoms with Crippen molar-refractivity contribution in [3.63, 3.8) is 0 Å². The van der Waals surface area contributed by atoms with Gasteiger partial charge in [0, 0.05) is 25.3 Å². The maximum absolute atomic E-state index is 12.3. The second-order valence-electron chi connectivity index (χ2n) is 5.51. The maximum atomic E-state index is 12.3. The van der Waals surface area contributed by atoms with Gasteiger partial charge in [0.1, 0.15) is 0 Å². The van der Waals surface area contributed by atoms with Crippen molar-refractivity contribution < 1.29 is 4.79 Å². The van der Waals surface area contributed by atoms with E-state index in [1.54, 1.807) is 0 Å². The molecule has 2 N–H and O–H groups in total. The summed E-state index contributed by atoms with van der Waals surface area (Å²) in [6.07, 6.45) is 3.93. The number of nitrogen functional groups attached to an aromatic ring is 1. The van der Waals surface area contributed by atoms with Gasteiger partial charge in [-0.05, 0) is 37.6 Å². The first kappa shape index (κ1) is 12.5. The predicted octanol–water partition coefficient (Wildman–Crippen LogP) is 1.71. The van der Waals surface area contributed by atoms with E-state index in [1.165, 1.54) is 32.4 Å². The molecule has 0 aromatic heterocycles. The van der Waals surface area contributed by atoms with Crippen LogP contribution in [0.5, 0.6) is 0 Å². The van der Waals surface area contributed by atoms with Crippen LogP contribution in [-0.4, -0.2) is 41.9 Å². The Morgan fingerprint density at radius 1 is 1.11 bits per heavy atom. The zero-order valence-electron chi connectivity index (χ0n) is 11.3. The molecule has 2 aliphatic heterocycles. The summed E-state index contributed by atoms with van der Waals surface area (Å²) in [6, 6.07) is 5.74. The van der Waals surface area contributed by atoms with E-state index in [1.807, 2.05) is 23.1 Å². The summed E-state index contributed by atoms with van der Waals surface area (Å²) in [5.41, 5.74) is 8.32. The number of anilines is 1. The molecule has 0 radical (unpaired) electrons. The summed E-state index contributed by atoms with van der Waals surface area (Å²) >= 11 is 0. The molecular formula is C15H21N3O. The normalized spacial score (nSPS) is 19.8. The van der Waals surface area contributed by atoms with E-state index >= 15 is 0 Å². The second kappa shape index (κ2) is 5.21. The Kier molecular flexibility index (Phi) is 3.42. The number of nitrogens with two attached hydrogens (primary N) is 1. The summed E-state index contributed by atoms with van der Waals surface area (Å²) in [7, 11) is 0. The SMILES string of the molecule is Nc1cccc2c1C(=O)N(CCN1CCCCC1)C2. The molecule has 0 aliphatic carbocycles. The first-order valence-electron chi connectivity index (χ1n) is 7.15. The van der Waals surface area contributed by atoms with Gasteiger partial charge in [0.25, 0.3) is 5.91 Å². The van der Waals surface area contributed by atoms with E-state index in [-0.39, 0.29) is 5.91 Å². The summed E-state index contributed by atoms with van der Waals surface area (Å²) in [5, 5.41) is 0. The van der Waals surface area contributed by atoms with Gasteiger partial charge in [0.05, 0.1) is 5.56 Å². The van der Waals surface area contributed by atoms with Crippen molar-refractivity contribution in [2.24, 2.45) is 0 Å². The van der Waals surface area contributed by atoms with Crippen molar-refractivity contribution in [3.05, 3.63) is 29.3 Å². The fraction of sp³-hybridized carbons (Fsp3) is 0.533. The minimum absolute atomic E-state index is 0.102. The smallest absolute Gasteiger partial charge is 0.256 e. The van der Waals surface area contributed by atoms with Crippen molar-refractivity contribution in [1.29, 1.82) is 0 Å². The van der Waals surface area contributed by atoms with E-state index in [0.29, 0.717) is 12.2 Å².